The van der Waals surface area contributed by atoms with Crippen molar-refractivity contribution in [3.05, 3.63) is 58.1 Å². The van der Waals surface area contributed by atoms with Crippen LogP contribution >= 0.6 is 23.2 Å². The first kappa shape index (κ1) is 18.1. The minimum Gasteiger partial charge on any atom is -0.497 e. The summed E-state index contributed by atoms with van der Waals surface area (Å²) in [5, 5.41) is 3.19. The third-order valence-corrected chi connectivity index (χ3v) is 3.70. The lowest BCUT2D eigenvalue weighted by Crippen LogP contribution is -2.30. The molecule has 126 valence electrons. The highest BCUT2D eigenvalue weighted by Gasteiger charge is 2.21. The van der Waals surface area contributed by atoms with Gasteiger partial charge in [-0.25, -0.2) is 4.79 Å². The third-order valence-electron chi connectivity index (χ3n) is 3.14. The molecule has 0 aliphatic heterocycles. The maximum absolute atomic E-state index is 12.1. The van der Waals surface area contributed by atoms with E-state index in [9.17, 15) is 9.59 Å². The predicted octanol–water partition coefficient (Wildman–Crippen LogP) is 4.19. The molecule has 0 heterocycles. The minimum absolute atomic E-state index is 0.102. The Bertz CT molecular complexity index is 764. The second kappa shape index (κ2) is 8.04. The van der Waals surface area contributed by atoms with Crippen LogP contribution in [0, 0.1) is 0 Å². The van der Waals surface area contributed by atoms with Crippen LogP contribution < -0.4 is 10.1 Å². The number of hydrogen-bond acceptors (Lipinski definition) is 4. The Balaban J connectivity index is 2.02. The average Bonchev–Trinajstić information content (AvgIpc) is 2.57. The molecule has 0 radical (unpaired) electrons. The smallest absolute Gasteiger partial charge is 0.340 e. The number of hydrogen-bond donors (Lipinski definition) is 1. The number of rotatable bonds is 5. The maximum Gasteiger partial charge on any atom is 0.340 e. The summed E-state index contributed by atoms with van der Waals surface area (Å²) in [6.45, 7) is 1.46. The Morgan fingerprint density at radius 1 is 1.12 bits per heavy atom. The highest BCUT2D eigenvalue weighted by atomic mass is 35.5. The zero-order valence-corrected chi connectivity index (χ0v) is 14.5. The van der Waals surface area contributed by atoms with E-state index in [1.807, 2.05) is 0 Å². The molecule has 1 amide bonds. The monoisotopic (exact) mass is 367 g/mol. The standard InChI is InChI=1S/C17H15Cl2NO4/c1-10(16(21)20-12-4-3-5-13(9-12)23-2)24-17(22)14-8-11(18)6-7-15(14)19/h3-10H,1-2H3,(H,20,21)/t10-/m0/s1. The fraction of sp³-hybridized carbons (Fsp3) is 0.176. The summed E-state index contributed by atoms with van der Waals surface area (Å²) >= 11 is 11.8. The van der Waals surface area contributed by atoms with Crippen LogP contribution in [0.15, 0.2) is 42.5 Å². The summed E-state index contributed by atoms with van der Waals surface area (Å²) in [4.78, 5) is 24.3. The van der Waals surface area contributed by atoms with Gasteiger partial charge in [0.05, 0.1) is 17.7 Å². The lowest BCUT2D eigenvalue weighted by atomic mass is 10.2. The first-order valence-electron chi connectivity index (χ1n) is 7.01. The molecule has 24 heavy (non-hydrogen) atoms. The highest BCUT2D eigenvalue weighted by molar-refractivity contribution is 6.35. The van der Waals surface area contributed by atoms with Gasteiger partial charge in [-0.15, -0.1) is 0 Å². The van der Waals surface area contributed by atoms with Crippen molar-refractivity contribution >= 4 is 40.8 Å². The van der Waals surface area contributed by atoms with Gasteiger partial charge < -0.3 is 14.8 Å². The molecule has 0 unspecified atom stereocenters. The Kier molecular flexibility index (Phi) is 6.06. The molecule has 5 nitrogen and oxygen atoms in total. The lowest BCUT2D eigenvalue weighted by molar-refractivity contribution is -0.123. The maximum atomic E-state index is 12.1. The van der Waals surface area contributed by atoms with E-state index in [0.717, 1.165) is 0 Å². The van der Waals surface area contributed by atoms with Gasteiger partial charge in [0.25, 0.3) is 5.91 Å². The molecule has 0 aliphatic rings. The number of methoxy groups -OCH3 is 1. The van der Waals surface area contributed by atoms with Crippen LogP contribution in [0.1, 0.15) is 17.3 Å². The molecule has 0 spiro atoms. The number of carbonyl (C=O) groups is 2. The van der Waals surface area contributed by atoms with Crippen LogP contribution in [0.5, 0.6) is 5.75 Å². The Hall–Kier alpha value is -2.24. The van der Waals surface area contributed by atoms with Crippen molar-refractivity contribution in [3.63, 3.8) is 0 Å². The molecule has 1 N–H and O–H groups in total. The van der Waals surface area contributed by atoms with Crippen molar-refractivity contribution in [2.24, 2.45) is 0 Å². The molecule has 1 atom stereocenters. The zero-order valence-electron chi connectivity index (χ0n) is 13.0. The Labute approximate surface area is 149 Å². The van der Waals surface area contributed by atoms with Crippen LogP contribution in [0.2, 0.25) is 10.0 Å². The SMILES string of the molecule is COc1cccc(NC(=O)[C@H](C)OC(=O)c2cc(Cl)ccc2Cl)c1. The lowest BCUT2D eigenvalue weighted by Gasteiger charge is -2.14. The van der Waals surface area contributed by atoms with E-state index in [4.69, 9.17) is 32.7 Å². The number of halogens is 2. The van der Waals surface area contributed by atoms with E-state index >= 15 is 0 Å². The van der Waals surface area contributed by atoms with Gasteiger partial charge in [-0.2, -0.15) is 0 Å². The van der Waals surface area contributed by atoms with Crippen LogP contribution in [0.4, 0.5) is 5.69 Å². The molecule has 0 aromatic heterocycles. The molecule has 0 bridgehead atoms. The molecule has 0 fully saturated rings. The van der Waals surface area contributed by atoms with E-state index in [1.54, 1.807) is 30.3 Å². The number of amides is 1. The zero-order chi connectivity index (χ0) is 17.7. The fourth-order valence-electron chi connectivity index (χ4n) is 1.88. The quantitative estimate of drug-likeness (QED) is 0.804. The summed E-state index contributed by atoms with van der Waals surface area (Å²) < 4.78 is 10.2. The van der Waals surface area contributed by atoms with E-state index < -0.39 is 18.0 Å². The minimum atomic E-state index is -1.02. The van der Waals surface area contributed by atoms with Crippen molar-refractivity contribution in [1.29, 1.82) is 0 Å². The van der Waals surface area contributed by atoms with Crippen molar-refractivity contribution in [2.75, 3.05) is 12.4 Å². The predicted molar refractivity (Wildman–Crippen MR) is 93.0 cm³/mol. The van der Waals surface area contributed by atoms with Crippen molar-refractivity contribution in [2.45, 2.75) is 13.0 Å². The van der Waals surface area contributed by atoms with Crippen molar-refractivity contribution in [1.82, 2.24) is 0 Å². The van der Waals surface area contributed by atoms with Crippen LogP contribution in [-0.2, 0) is 9.53 Å². The molecule has 2 aromatic carbocycles. The van der Waals surface area contributed by atoms with Gasteiger partial charge in [0.1, 0.15) is 5.75 Å². The van der Waals surface area contributed by atoms with E-state index in [-0.39, 0.29) is 10.6 Å². The number of nitrogens with one attached hydrogen (secondary N) is 1. The second-order valence-corrected chi connectivity index (χ2v) is 5.74. The molecule has 2 rings (SSSR count). The van der Waals surface area contributed by atoms with E-state index in [1.165, 1.54) is 26.2 Å². The van der Waals surface area contributed by atoms with Gasteiger partial charge in [0.15, 0.2) is 6.10 Å². The first-order chi connectivity index (χ1) is 11.4. The number of benzene rings is 2. The van der Waals surface area contributed by atoms with Crippen molar-refractivity contribution in [3.8, 4) is 5.75 Å². The van der Waals surface area contributed by atoms with Gasteiger partial charge >= 0.3 is 5.97 Å². The molecule has 0 saturated heterocycles. The van der Waals surface area contributed by atoms with Gasteiger partial charge in [-0.05, 0) is 37.3 Å². The molecular weight excluding hydrogens is 353 g/mol. The molecule has 0 saturated carbocycles. The van der Waals surface area contributed by atoms with Gasteiger partial charge in [-0.1, -0.05) is 29.3 Å². The molecule has 2 aromatic rings. The molecule has 0 aliphatic carbocycles. The first-order valence-corrected chi connectivity index (χ1v) is 7.77. The summed E-state index contributed by atoms with van der Waals surface area (Å²) in [6.07, 6.45) is -1.02. The Morgan fingerprint density at radius 2 is 1.88 bits per heavy atom. The second-order valence-electron chi connectivity index (χ2n) is 4.89. The normalized spacial score (nSPS) is 11.5. The van der Waals surface area contributed by atoms with Crippen LogP contribution in [0.3, 0.4) is 0 Å². The third kappa shape index (κ3) is 4.63. The summed E-state index contributed by atoms with van der Waals surface area (Å²) in [5.74, 6) is -0.603. The topological polar surface area (TPSA) is 64.6 Å². The van der Waals surface area contributed by atoms with E-state index in [2.05, 4.69) is 5.32 Å². The van der Waals surface area contributed by atoms with E-state index in [0.29, 0.717) is 16.5 Å². The van der Waals surface area contributed by atoms with Gasteiger partial charge in [-0.3, -0.25) is 4.79 Å². The largest absolute Gasteiger partial charge is 0.497 e. The summed E-state index contributed by atoms with van der Waals surface area (Å²) in [7, 11) is 1.53. The fourth-order valence-corrected chi connectivity index (χ4v) is 2.24. The number of carbonyl (C=O) groups excluding carboxylic acids is 2. The van der Waals surface area contributed by atoms with Crippen LogP contribution in [-0.4, -0.2) is 25.1 Å². The molecule has 7 heteroatoms. The summed E-state index contributed by atoms with van der Waals surface area (Å²) in [5.41, 5.74) is 0.633. The van der Waals surface area contributed by atoms with Crippen molar-refractivity contribution < 1.29 is 19.1 Å². The number of anilines is 1. The highest BCUT2D eigenvalue weighted by Crippen LogP contribution is 2.22. The van der Waals surface area contributed by atoms with Gasteiger partial charge in [0.2, 0.25) is 0 Å². The molecular formula is C17H15Cl2NO4. The Morgan fingerprint density at radius 3 is 2.58 bits per heavy atom. The average molecular weight is 368 g/mol. The number of ether oxygens (including phenoxy) is 2. The van der Waals surface area contributed by atoms with Crippen LogP contribution in [0.25, 0.3) is 0 Å². The number of esters is 1. The summed E-state index contributed by atoms with van der Waals surface area (Å²) in [6, 6.07) is 11.3. The van der Waals surface area contributed by atoms with Gasteiger partial charge in [0, 0.05) is 16.8 Å².